The number of halogens is 1. The Morgan fingerprint density at radius 1 is 0.919 bits per heavy atom. The minimum atomic E-state index is -1.06. The molecule has 1 atom stereocenters. The number of thiocarbonyl (C=S) groups is 1. The van der Waals surface area contributed by atoms with Crippen molar-refractivity contribution in [3.05, 3.63) is 82.8 Å². The molecule has 1 aliphatic heterocycles. The van der Waals surface area contributed by atoms with Crippen molar-refractivity contribution in [1.82, 2.24) is 10.4 Å². The highest BCUT2D eigenvalue weighted by molar-refractivity contribution is 9.10. The Hall–Kier alpha value is -3.96. The van der Waals surface area contributed by atoms with Gasteiger partial charge in [-0.15, -0.1) is 0 Å². The maximum absolute atomic E-state index is 13.5. The van der Waals surface area contributed by atoms with E-state index in [2.05, 4.69) is 26.7 Å². The van der Waals surface area contributed by atoms with Gasteiger partial charge in [0.15, 0.2) is 0 Å². The summed E-state index contributed by atoms with van der Waals surface area (Å²) in [6.45, 7) is 0. The molecule has 9 nitrogen and oxygen atoms in total. The third kappa shape index (κ3) is 5.89. The number of methoxy groups -OCH3 is 2. The molecule has 0 saturated carbocycles. The number of hydrazine groups is 1. The summed E-state index contributed by atoms with van der Waals surface area (Å²) in [7, 11) is 3.09. The van der Waals surface area contributed by atoms with Crippen LogP contribution in [0.15, 0.2) is 77.3 Å². The van der Waals surface area contributed by atoms with Gasteiger partial charge in [-0.25, -0.2) is 5.01 Å². The molecule has 0 radical (unpaired) electrons. The van der Waals surface area contributed by atoms with Gasteiger partial charge in [-0.3, -0.25) is 24.7 Å². The zero-order valence-electron chi connectivity index (χ0n) is 19.9. The van der Waals surface area contributed by atoms with Crippen LogP contribution in [-0.4, -0.2) is 48.1 Å². The van der Waals surface area contributed by atoms with Gasteiger partial charge in [-0.1, -0.05) is 15.9 Å². The van der Waals surface area contributed by atoms with E-state index in [-0.39, 0.29) is 11.5 Å². The maximum atomic E-state index is 13.5. The summed E-state index contributed by atoms with van der Waals surface area (Å²) >= 11 is 8.93. The van der Waals surface area contributed by atoms with Gasteiger partial charge in [0.05, 0.1) is 26.3 Å². The van der Waals surface area contributed by atoms with Crippen LogP contribution in [0, 0.1) is 0 Å². The van der Waals surface area contributed by atoms with Crippen molar-refractivity contribution < 1.29 is 23.9 Å². The molecule has 190 valence electrons. The number of ether oxygens (including phenoxy) is 2. The Morgan fingerprint density at radius 2 is 1.49 bits per heavy atom. The number of carbonyl (C=O) groups excluding carboxylic acids is 3. The molecule has 37 heavy (non-hydrogen) atoms. The van der Waals surface area contributed by atoms with E-state index in [1.807, 2.05) is 0 Å². The summed E-state index contributed by atoms with van der Waals surface area (Å²) in [6, 6.07) is 19.2. The molecule has 2 N–H and O–H groups in total. The van der Waals surface area contributed by atoms with E-state index >= 15 is 0 Å². The van der Waals surface area contributed by atoms with Gasteiger partial charge in [-0.05, 0) is 85.0 Å². The second-order valence-electron chi connectivity index (χ2n) is 7.97. The highest BCUT2D eigenvalue weighted by Gasteiger charge is 2.45. The molecule has 1 heterocycles. The number of anilines is 2. The average Bonchev–Trinajstić information content (AvgIpc) is 3.13. The van der Waals surface area contributed by atoms with Crippen LogP contribution in [-0.2, 0) is 9.59 Å². The summed E-state index contributed by atoms with van der Waals surface area (Å²) in [5, 5.41) is 4.08. The van der Waals surface area contributed by atoms with Gasteiger partial charge in [-0.2, -0.15) is 0 Å². The molecule has 0 aliphatic carbocycles. The molecular weight excluding hydrogens is 560 g/mol. The fourth-order valence-corrected chi connectivity index (χ4v) is 4.34. The lowest BCUT2D eigenvalue weighted by molar-refractivity contribution is -0.124. The smallest absolute Gasteiger partial charge is 0.269 e. The van der Waals surface area contributed by atoms with Crippen LogP contribution in [0.5, 0.6) is 11.5 Å². The van der Waals surface area contributed by atoms with Crippen LogP contribution >= 0.6 is 28.1 Å². The maximum Gasteiger partial charge on any atom is 0.269 e. The van der Waals surface area contributed by atoms with Crippen molar-refractivity contribution in [1.29, 1.82) is 0 Å². The number of amides is 3. The van der Waals surface area contributed by atoms with E-state index in [9.17, 15) is 14.4 Å². The largest absolute Gasteiger partial charge is 0.497 e. The first kappa shape index (κ1) is 26.1. The highest BCUT2D eigenvalue weighted by Crippen LogP contribution is 2.28. The minimum absolute atomic E-state index is 0.0443. The van der Waals surface area contributed by atoms with Crippen LogP contribution in [0.2, 0.25) is 0 Å². The van der Waals surface area contributed by atoms with Crippen molar-refractivity contribution in [3.63, 3.8) is 0 Å². The number of hydrogen-bond donors (Lipinski definition) is 2. The minimum Gasteiger partial charge on any atom is -0.497 e. The predicted molar refractivity (Wildman–Crippen MR) is 147 cm³/mol. The molecule has 3 aromatic rings. The highest BCUT2D eigenvalue weighted by atomic mass is 79.9. The van der Waals surface area contributed by atoms with Gasteiger partial charge in [0.1, 0.15) is 17.5 Å². The fourth-order valence-electron chi connectivity index (χ4n) is 3.71. The van der Waals surface area contributed by atoms with Crippen molar-refractivity contribution in [3.8, 4) is 11.5 Å². The Kier molecular flexibility index (Phi) is 8.04. The number of carbonyl (C=O) groups is 3. The molecule has 1 fully saturated rings. The zero-order chi connectivity index (χ0) is 26.5. The van der Waals surface area contributed by atoms with E-state index in [0.29, 0.717) is 28.4 Å². The Labute approximate surface area is 227 Å². The van der Waals surface area contributed by atoms with E-state index < -0.39 is 23.8 Å². The topological polar surface area (TPSA) is 100 Å². The second kappa shape index (κ2) is 11.4. The molecule has 11 heteroatoms. The van der Waals surface area contributed by atoms with E-state index in [0.717, 1.165) is 4.47 Å². The van der Waals surface area contributed by atoms with Crippen LogP contribution in [0.1, 0.15) is 16.8 Å². The molecule has 1 unspecified atom stereocenters. The SMILES string of the molecule is COc1ccc(NC(=O)CC2C(=O)N(c3ccc(OC)cc3)C(=S)N2NC(=O)c2ccc(Br)cc2)cc1. The summed E-state index contributed by atoms with van der Waals surface area (Å²) in [5.41, 5.74) is 4.09. The lowest BCUT2D eigenvalue weighted by atomic mass is 10.1. The molecule has 3 amide bonds. The normalized spacial score (nSPS) is 14.9. The number of hydrogen-bond acceptors (Lipinski definition) is 6. The second-order valence-corrected chi connectivity index (χ2v) is 9.25. The fraction of sp³-hybridized carbons (Fsp3) is 0.154. The standard InChI is InChI=1S/C26H23BrN4O5S/c1-35-20-11-7-18(8-12-20)28-23(32)15-22-25(34)30(19-9-13-21(36-2)14-10-19)26(37)31(22)29-24(33)16-3-5-17(27)6-4-16/h3-14,22H,15H2,1-2H3,(H,28,32)(H,29,33). The van der Waals surface area contributed by atoms with Crippen LogP contribution in [0.4, 0.5) is 11.4 Å². The third-order valence-electron chi connectivity index (χ3n) is 5.63. The number of nitrogens with zero attached hydrogens (tertiary/aromatic N) is 2. The summed E-state index contributed by atoms with van der Waals surface area (Å²) < 4.78 is 11.1. The Balaban J connectivity index is 1.58. The Morgan fingerprint density at radius 3 is 2.05 bits per heavy atom. The van der Waals surface area contributed by atoms with Gasteiger partial charge >= 0.3 is 0 Å². The third-order valence-corrected chi connectivity index (χ3v) is 6.53. The van der Waals surface area contributed by atoms with Gasteiger partial charge in [0, 0.05) is 15.7 Å². The first-order valence-corrected chi connectivity index (χ1v) is 12.3. The average molecular weight is 583 g/mol. The van der Waals surface area contributed by atoms with Crippen molar-refractivity contribution >= 4 is 62.4 Å². The van der Waals surface area contributed by atoms with Crippen molar-refractivity contribution in [2.24, 2.45) is 0 Å². The van der Waals surface area contributed by atoms with E-state index in [1.165, 1.54) is 17.0 Å². The van der Waals surface area contributed by atoms with Crippen LogP contribution in [0.3, 0.4) is 0 Å². The zero-order valence-corrected chi connectivity index (χ0v) is 22.3. The Bertz CT molecular complexity index is 1320. The quantitative estimate of drug-likeness (QED) is 0.385. The molecule has 3 aromatic carbocycles. The van der Waals surface area contributed by atoms with Gasteiger partial charge in [0.25, 0.3) is 11.8 Å². The lowest BCUT2D eigenvalue weighted by Gasteiger charge is -2.24. The predicted octanol–water partition coefficient (Wildman–Crippen LogP) is 4.14. The van der Waals surface area contributed by atoms with E-state index in [1.54, 1.807) is 79.9 Å². The molecule has 1 aliphatic rings. The molecule has 0 aromatic heterocycles. The first-order valence-electron chi connectivity index (χ1n) is 11.1. The van der Waals surface area contributed by atoms with Gasteiger partial charge < -0.3 is 14.8 Å². The number of benzene rings is 3. The summed E-state index contributed by atoms with van der Waals surface area (Å²) in [6.07, 6.45) is -0.252. The number of nitrogens with one attached hydrogen (secondary N) is 2. The van der Waals surface area contributed by atoms with Crippen LogP contribution < -0.4 is 25.1 Å². The summed E-state index contributed by atoms with van der Waals surface area (Å²) in [5.74, 6) is -0.0925. The molecule has 0 spiro atoms. The molecule has 4 rings (SSSR count). The lowest BCUT2D eigenvalue weighted by Crippen LogP contribution is -2.49. The monoisotopic (exact) mass is 582 g/mol. The summed E-state index contributed by atoms with van der Waals surface area (Å²) in [4.78, 5) is 40.7. The van der Waals surface area contributed by atoms with E-state index in [4.69, 9.17) is 21.7 Å². The molecular formula is C26H23BrN4O5S. The number of rotatable bonds is 8. The van der Waals surface area contributed by atoms with Gasteiger partial charge in [0.2, 0.25) is 11.0 Å². The first-order chi connectivity index (χ1) is 17.8. The molecule has 1 saturated heterocycles. The van der Waals surface area contributed by atoms with Crippen molar-refractivity contribution in [2.45, 2.75) is 12.5 Å². The van der Waals surface area contributed by atoms with Crippen molar-refractivity contribution in [2.75, 3.05) is 24.4 Å². The van der Waals surface area contributed by atoms with Crippen LogP contribution in [0.25, 0.3) is 0 Å². The molecule has 0 bridgehead atoms.